The molecule has 0 fully saturated rings. The number of nitrogen functional groups attached to an aromatic ring is 1. The summed E-state index contributed by atoms with van der Waals surface area (Å²) in [6.45, 7) is 2.02. The summed E-state index contributed by atoms with van der Waals surface area (Å²) in [5.41, 5.74) is 10.4. The summed E-state index contributed by atoms with van der Waals surface area (Å²) in [6.07, 6.45) is 0. The number of carbonyl (C=O) groups excluding carboxylic acids is 1. The largest absolute Gasteiger partial charge is 0.438 e. The molecule has 0 radical (unpaired) electrons. The average molecular weight is 478 g/mol. The van der Waals surface area contributed by atoms with Gasteiger partial charge in [-0.2, -0.15) is 0 Å². The third kappa shape index (κ3) is 3.63. The van der Waals surface area contributed by atoms with Crippen molar-refractivity contribution in [3.8, 4) is 22.4 Å². The lowest BCUT2D eigenvalue weighted by atomic mass is 9.98. The van der Waals surface area contributed by atoms with Gasteiger partial charge in [-0.05, 0) is 41.5 Å². The number of nitrogens with two attached hydrogens (primary N) is 1. The number of thiophene rings is 1. The third-order valence-corrected chi connectivity index (χ3v) is 6.78. The van der Waals surface area contributed by atoms with Crippen molar-refractivity contribution in [3.63, 3.8) is 0 Å². The summed E-state index contributed by atoms with van der Waals surface area (Å²) in [5, 5.41) is 3.67. The van der Waals surface area contributed by atoms with E-state index in [-0.39, 0.29) is 16.3 Å². The molecule has 0 bridgehead atoms. The molecule has 2 aromatic carbocycles. The molecular weight excluding hydrogens is 460 g/mol. The number of aromatic amines is 1. The molecule has 0 atom stereocenters. The van der Waals surface area contributed by atoms with Crippen LogP contribution in [0.4, 0.5) is 5.69 Å². The summed E-state index contributed by atoms with van der Waals surface area (Å²) in [4.78, 5) is 30.9. The molecule has 3 N–H and O–H groups in total. The Morgan fingerprint density at radius 1 is 1.12 bits per heavy atom. The minimum Gasteiger partial charge on any atom is -0.397 e. The highest BCUT2D eigenvalue weighted by atomic mass is 35.5. The van der Waals surface area contributed by atoms with E-state index in [0.29, 0.717) is 15.2 Å². The fourth-order valence-corrected chi connectivity index (χ4v) is 4.90. The molecule has 0 spiro atoms. The van der Waals surface area contributed by atoms with Gasteiger partial charge in [0.15, 0.2) is 7.05 Å². The minimum absolute atomic E-state index is 0.136. The van der Waals surface area contributed by atoms with Crippen LogP contribution in [0.15, 0.2) is 63.9 Å². The van der Waals surface area contributed by atoms with E-state index in [0.717, 1.165) is 39.3 Å². The van der Waals surface area contributed by atoms with Crippen molar-refractivity contribution in [2.75, 3.05) is 5.73 Å². The number of ketones is 1. The Morgan fingerprint density at radius 3 is 2.42 bits per heavy atom. The van der Waals surface area contributed by atoms with E-state index in [1.165, 1.54) is 11.7 Å². The lowest BCUT2D eigenvalue weighted by molar-refractivity contribution is -0.741. The molecule has 5 rings (SSSR count). The van der Waals surface area contributed by atoms with E-state index in [9.17, 15) is 9.59 Å². The summed E-state index contributed by atoms with van der Waals surface area (Å²) in [6, 6.07) is 17.4. The van der Waals surface area contributed by atoms with Gasteiger partial charge in [0.2, 0.25) is 0 Å². The van der Waals surface area contributed by atoms with E-state index >= 15 is 0 Å². The second-order valence-corrected chi connectivity index (χ2v) is 9.11. The number of nitrogens with one attached hydrogen (secondary N) is 1. The Kier molecular flexibility index (Phi) is 5.11. The number of fused-ring (bicyclic) bond motifs is 1. The summed E-state index contributed by atoms with van der Waals surface area (Å²) >= 11 is 7.21. The van der Waals surface area contributed by atoms with Crippen LogP contribution < -0.4 is 16.0 Å². The van der Waals surface area contributed by atoms with Crippen LogP contribution >= 0.6 is 22.9 Å². The second-order valence-electron chi connectivity index (χ2n) is 7.67. The highest BCUT2D eigenvalue weighted by molar-refractivity contribution is 7.21. The number of rotatable bonds is 4. The Morgan fingerprint density at radius 2 is 1.79 bits per heavy atom. The SMILES string of the molecule is Cc1ccc(-c2cc(-c3ccc(Cl)cc3)nc3sc(C(=O)c4c(=O)o[nH][n+]4C)c(N)c23)cc1. The fraction of sp³-hybridized carbons (Fsp3) is 0.0833. The topological polar surface area (TPSA) is 106 Å². The molecule has 3 heterocycles. The van der Waals surface area contributed by atoms with Crippen LogP contribution in [0.3, 0.4) is 0 Å². The second kappa shape index (κ2) is 7.99. The van der Waals surface area contributed by atoms with E-state index in [4.69, 9.17) is 26.8 Å². The zero-order valence-corrected chi connectivity index (χ0v) is 19.3. The standard InChI is InChI=1S/C24H17ClN4O3S/c1-12-3-5-13(6-4-12)16-11-17(14-7-9-15(25)10-8-14)27-23-18(16)19(26)22(33-23)21(30)20-24(31)32-28-29(20)2/h3-11H,1-2H3,(H2-,26,28,30,31)/p+1. The van der Waals surface area contributed by atoms with E-state index in [1.807, 2.05) is 49.4 Å². The van der Waals surface area contributed by atoms with Crippen LogP contribution in [-0.2, 0) is 7.05 Å². The quantitative estimate of drug-likeness (QED) is 0.292. The number of anilines is 1. The van der Waals surface area contributed by atoms with Crippen molar-refractivity contribution in [2.24, 2.45) is 7.05 Å². The summed E-state index contributed by atoms with van der Waals surface area (Å²) in [7, 11) is 1.52. The van der Waals surface area contributed by atoms with Crippen molar-refractivity contribution in [1.82, 2.24) is 10.3 Å². The van der Waals surface area contributed by atoms with Gasteiger partial charge < -0.3 is 5.73 Å². The molecule has 0 aliphatic carbocycles. The smallest absolute Gasteiger partial charge is 0.397 e. The van der Waals surface area contributed by atoms with Crippen LogP contribution in [0.5, 0.6) is 0 Å². The molecule has 7 nitrogen and oxygen atoms in total. The van der Waals surface area contributed by atoms with E-state index in [1.54, 1.807) is 12.1 Å². The highest BCUT2D eigenvalue weighted by Crippen LogP contribution is 2.41. The van der Waals surface area contributed by atoms with Gasteiger partial charge in [0.05, 0.1) is 11.4 Å². The maximum absolute atomic E-state index is 13.2. The van der Waals surface area contributed by atoms with Gasteiger partial charge >= 0.3 is 11.3 Å². The van der Waals surface area contributed by atoms with Gasteiger partial charge in [-0.25, -0.2) is 9.78 Å². The van der Waals surface area contributed by atoms with Crippen molar-refractivity contribution in [3.05, 3.63) is 86.2 Å². The van der Waals surface area contributed by atoms with Gasteiger partial charge in [-0.1, -0.05) is 58.2 Å². The Bertz CT molecular complexity index is 1580. The van der Waals surface area contributed by atoms with Crippen LogP contribution in [0.25, 0.3) is 32.6 Å². The number of hydrogen-bond acceptors (Lipinski definition) is 6. The first-order valence-electron chi connectivity index (χ1n) is 10.0. The number of carbonyl (C=O) groups is 1. The lowest BCUT2D eigenvalue weighted by Gasteiger charge is -2.09. The molecule has 0 amide bonds. The molecule has 0 saturated heterocycles. The van der Waals surface area contributed by atoms with Crippen molar-refractivity contribution >= 4 is 44.6 Å². The number of benzene rings is 2. The van der Waals surface area contributed by atoms with Crippen molar-refractivity contribution in [1.29, 1.82) is 0 Å². The maximum Gasteiger partial charge on any atom is 0.438 e. The van der Waals surface area contributed by atoms with Crippen molar-refractivity contribution < 1.29 is 14.0 Å². The number of aryl methyl sites for hydroxylation is 2. The molecule has 0 saturated carbocycles. The van der Waals surface area contributed by atoms with Gasteiger partial charge in [-0.3, -0.25) is 9.32 Å². The van der Waals surface area contributed by atoms with Gasteiger partial charge in [0.1, 0.15) is 9.71 Å². The molecule has 9 heteroatoms. The number of halogens is 1. The Balaban J connectivity index is 1.78. The summed E-state index contributed by atoms with van der Waals surface area (Å²) in [5.74, 6) is -0.518. The Labute approximate surface area is 197 Å². The molecule has 0 aliphatic rings. The first-order valence-corrected chi connectivity index (χ1v) is 11.2. The first-order chi connectivity index (χ1) is 15.8. The lowest BCUT2D eigenvalue weighted by Crippen LogP contribution is -2.39. The van der Waals surface area contributed by atoms with Gasteiger partial charge in [-0.15, -0.1) is 11.3 Å². The average Bonchev–Trinajstić information content (AvgIpc) is 3.32. The third-order valence-electron chi connectivity index (χ3n) is 5.43. The normalized spacial score (nSPS) is 11.2. The number of hydrogen-bond donors (Lipinski definition) is 2. The van der Waals surface area contributed by atoms with E-state index in [2.05, 4.69) is 5.27 Å². The predicted octanol–water partition coefficient (Wildman–Crippen LogP) is 4.51. The Hall–Kier alpha value is -3.75. The molecule has 0 unspecified atom stereocenters. The molecule has 5 aromatic rings. The predicted molar refractivity (Wildman–Crippen MR) is 129 cm³/mol. The molecule has 0 aliphatic heterocycles. The van der Waals surface area contributed by atoms with Crippen LogP contribution in [0.2, 0.25) is 5.02 Å². The number of nitrogens with zero attached hydrogens (tertiary/aromatic N) is 2. The zero-order chi connectivity index (χ0) is 23.3. The monoisotopic (exact) mass is 477 g/mol. The van der Waals surface area contributed by atoms with Gasteiger partial charge in [0, 0.05) is 16.0 Å². The van der Waals surface area contributed by atoms with Gasteiger partial charge in [0.25, 0.3) is 5.78 Å². The zero-order valence-electron chi connectivity index (χ0n) is 17.7. The molecular formula is C24H18ClN4O3S+. The summed E-state index contributed by atoms with van der Waals surface area (Å²) < 4.78 is 5.98. The maximum atomic E-state index is 13.2. The number of H-pyrrole nitrogens is 1. The highest BCUT2D eigenvalue weighted by Gasteiger charge is 2.32. The fourth-order valence-electron chi connectivity index (χ4n) is 3.71. The molecule has 33 heavy (non-hydrogen) atoms. The number of pyridine rings is 1. The number of aromatic nitrogens is 3. The molecule has 164 valence electrons. The van der Waals surface area contributed by atoms with Crippen molar-refractivity contribution in [2.45, 2.75) is 6.92 Å². The van der Waals surface area contributed by atoms with E-state index < -0.39 is 11.4 Å². The molecule has 3 aromatic heterocycles. The first kappa shape index (κ1) is 21.1. The minimum atomic E-state index is -0.757. The van der Waals surface area contributed by atoms with Crippen LogP contribution in [0, 0.1) is 6.92 Å². The van der Waals surface area contributed by atoms with Crippen LogP contribution in [-0.4, -0.2) is 16.0 Å². The van der Waals surface area contributed by atoms with Crippen LogP contribution in [0.1, 0.15) is 20.9 Å².